The molecule has 0 amide bonds. The highest BCUT2D eigenvalue weighted by Gasteiger charge is 2.29. The van der Waals surface area contributed by atoms with E-state index in [0.717, 1.165) is 36.6 Å². The van der Waals surface area contributed by atoms with Gasteiger partial charge in [-0.15, -0.1) is 0 Å². The molecule has 5 heteroatoms. The highest BCUT2D eigenvalue weighted by Crippen LogP contribution is 2.36. The fourth-order valence-corrected chi connectivity index (χ4v) is 3.05. The highest BCUT2D eigenvalue weighted by molar-refractivity contribution is 5.39. The Morgan fingerprint density at radius 3 is 2.50 bits per heavy atom. The maximum Gasteiger partial charge on any atom is 0.132 e. The van der Waals surface area contributed by atoms with E-state index in [1.807, 2.05) is 13.1 Å². The van der Waals surface area contributed by atoms with Gasteiger partial charge >= 0.3 is 0 Å². The molecule has 0 aliphatic heterocycles. The SMILES string of the molecule is Cc1cc(C)cc(OCCN(C)c2cc(C3CC(O)C3)ncn2)c1. The Morgan fingerprint density at radius 2 is 1.83 bits per heavy atom. The third-order valence-electron chi connectivity index (χ3n) is 4.49. The number of aromatic nitrogens is 2. The molecule has 0 atom stereocenters. The molecule has 1 aromatic carbocycles. The van der Waals surface area contributed by atoms with Crippen LogP contribution in [0.3, 0.4) is 0 Å². The van der Waals surface area contributed by atoms with E-state index in [-0.39, 0.29) is 6.10 Å². The summed E-state index contributed by atoms with van der Waals surface area (Å²) in [5.74, 6) is 2.17. The van der Waals surface area contributed by atoms with Gasteiger partial charge in [0, 0.05) is 24.7 Å². The van der Waals surface area contributed by atoms with Gasteiger partial charge in [0.15, 0.2) is 0 Å². The summed E-state index contributed by atoms with van der Waals surface area (Å²) in [6.07, 6.45) is 3.04. The van der Waals surface area contributed by atoms with Gasteiger partial charge in [-0.3, -0.25) is 0 Å². The molecule has 24 heavy (non-hydrogen) atoms. The van der Waals surface area contributed by atoms with Crippen LogP contribution in [0.25, 0.3) is 0 Å². The molecule has 1 aromatic heterocycles. The van der Waals surface area contributed by atoms with Gasteiger partial charge in [0.2, 0.25) is 0 Å². The Hall–Kier alpha value is -2.14. The van der Waals surface area contributed by atoms with Crippen molar-refractivity contribution in [2.45, 2.75) is 38.7 Å². The standard InChI is InChI=1S/C19H25N3O2/c1-13-6-14(2)8-17(7-13)24-5-4-22(3)19-11-18(20-12-21-19)15-9-16(23)10-15/h6-8,11-12,15-16,23H,4-5,9-10H2,1-3H3. The second-order valence-electron chi connectivity index (χ2n) is 6.72. The van der Waals surface area contributed by atoms with Gasteiger partial charge in [0.05, 0.1) is 12.6 Å². The Labute approximate surface area is 143 Å². The highest BCUT2D eigenvalue weighted by atomic mass is 16.5. The van der Waals surface area contributed by atoms with Crippen LogP contribution < -0.4 is 9.64 Å². The molecule has 5 nitrogen and oxygen atoms in total. The van der Waals surface area contributed by atoms with Crippen LogP contribution in [0.5, 0.6) is 5.75 Å². The minimum Gasteiger partial charge on any atom is -0.492 e. The van der Waals surface area contributed by atoms with E-state index in [0.29, 0.717) is 12.5 Å². The van der Waals surface area contributed by atoms with Crippen LogP contribution in [0.1, 0.15) is 35.6 Å². The second-order valence-corrected chi connectivity index (χ2v) is 6.72. The first-order valence-electron chi connectivity index (χ1n) is 8.43. The van der Waals surface area contributed by atoms with E-state index in [1.165, 1.54) is 11.1 Å². The average molecular weight is 327 g/mol. The quantitative estimate of drug-likeness (QED) is 0.884. The number of hydrogen-bond acceptors (Lipinski definition) is 5. The number of nitrogens with zero attached hydrogens (tertiary/aromatic N) is 3. The van der Waals surface area contributed by atoms with Gasteiger partial charge in [-0.2, -0.15) is 0 Å². The number of aliphatic hydroxyl groups excluding tert-OH is 1. The first kappa shape index (κ1) is 16.7. The summed E-state index contributed by atoms with van der Waals surface area (Å²) >= 11 is 0. The number of rotatable bonds is 6. The lowest BCUT2D eigenvalue weighted by atomic mass is 9.80. The molecule has 1 aliphatic rings. The van der Waals surface area contributed by atoms with Gasteiger partial charge in [-0.25, -0.2) is 9.97 Å². The molecule has 1 aliphatic carbocycles. The van der Waals surface area contributed by atoms with Crippen LogP contribution in [0.2, 0.25) is 0 Å². The largest absolute Gasteiger partial charge is 0.492 e. The van der Waals surface area contributed by atoms with E-state index < -0.39 is 0 Å². The Balaban J connectivity index is 1.55. The topological polar surface area (TPSA) is 58.5 Å². The van der Waals surface area contributed by atoms with Crippen molar-refractivity contribution in [2.75, 3.05) is 25.1 Å². The Bertz CT molecular complexity index is 679. The molecule has 1 saturated carbocycles. The van der Waals surface area contributed by atoms with Crippen molar-refractivity contribution in [3.05, 3.63) is 47.4 Å². The summed E-state index contributed by atoms with van der Waals surface area (Å²) in [6.45, 7) is 5.50. The van der Waals surface area contributed by atoms with Crippen LogP contribution in [0.4, 0.5) is 5.82 Å². The van der Waals surface area contributed by atoms with Gasteiger partial charge < -0.3 is 14.7 Å². The number of aliphatic hydroxyl groups is 1. The summed E-state index contributed by atoms with van der Waals surface area (Å²) in [5.41, 5.74) is 3.44. The van der Waals surface area contributed by atoms with E-state index >= 15 is 0 Å². The number of likely N-dealkylation sites (N-methyl/N-ethyl adjacent to an activating group) is 1. The third-order valence-corrected chi connectivity index (χ3v) is 4.49. The van der Waals surface area contributed by atoms with Crippen LogP contribution in [-0.2, 0) is 0 Å². The summed E-state index contributed by atoms with van der Waals surface area (Å²) < 4.78 is 5.87. The smallest absolute Gasteiger partial charge is 0.132 e. The molecular weight excluding hydrogens is 302 g/mol. The zero-order valence-corrected chi connectivity index (χ0v) is 14.6. The molecule has 0 unspecified atom stereocenters. The first-order valence-corrected chi connectivity index (χ1v) is 8.43. The number of ether oxygens (including phenoxy) is 1. The molecule has 0 bridgehead atoms. The number of anilines is 1. The van der Waals surface area contributed by atoms with Crippen LogP contribution in [0.15, 0.2) is 30.6 Å². The van der Waals surface area contributed by atoms with Gasteiger partial charge in [-0.05, 0) is 49.9 Å². The average Bonchev–Trinajstić information content (AvgIpc) is 2.51. The zero-order chi connectivity index (χ0) is 17.1. The molecule has 1 N–H and O–H groups in total. The lowest BCUT2D eigenvalue weighted by molar-refractivity contribution is 0.0732. The Morgan fingerprint density at radius 1 is 1.12 bits per heavy atom. The Kier molecular flexibility index (Phi) is 5.00. The lowest BCUT2D eigenvalue weighted by Gasteiger charge is -2.31. The van der Waals surface area contributed by atoms with Crippen molar-refractivity contribution in [3.8, 4) is 5.75 Å². The molecule has 0 radical (unpaired) electrons. The van der Waals surface area contributed by atoms with Crippen molar-refractivity contribution >= 4 is 5.82 Å². The maximum atomic E-state index is 9.45. The fraction of sp³-hybridized carbons (Fsp3) is 0.474. The molecule has 3 rings (SSSR count). The van der Waals surface area contributed by atoms with Crippen molar-refractivity contribution in [1.82, 2.24) is 9.97 Å². The minimum atomic E-state index is -0.169. The summed E-state index contributed by atoms with van der Waals surface area (Å²) in [7, 11) is 2.01. The van der Waals surface area contributed by atoms with Crippen molar-refractivity contribution in [2.24, 2.45) is 0 Å². The third kappa shape index (κ3) is 4.03. The van der Waals surface area contributed by atoms with Crippen molar-refractivity contribution < 1.29 is 9.84 Å². The van der Waals surface area contributed by atoms with E-state index in [2.05, 4.69) is 46.9 Å². The van der Waals surface area contributed by atoms with E-state index in [4.69, 9.17) is 4.74 Å². The zero-order valence-electron chi connectivity index (χ0n) is 14.6. The molecule has 1 fully saturated rings. The van der Waals surface area contributed by atoms with Crippen molar-refractivity contribution in [1.29, 1.82) is 0 Å². The predicted molar refractivity (Wildman–Crippen MR) is 94.7 cm³/mol. The monoisotopic (exact) mass is 327 g/mol. The first-order chi connectivity index (χ1) is 11.5. The summed E-state index contributed by atoms with van der Waals surface area (Å²) in [5, 5.41) is 9.45. The summed E-state index contributed by atoms with van der Waals surface area (Å²) in [4.78, 5) is 10.8. The molecular formula is C19H25N3O2. The maximum absolute atomic E-state index is 9.45. The molecule has 0 saturated heterocycles. The van der Waals surface area contributed by atoms with Crippen LogP contribution in [0, 0.1) is 13.8 Å². The van der Waals surface area contributed by atoms with Gasteiger partial charge in [-0.1, -0.05) is 6.07 Å². The van der Waals surface area contributed by atoms with Crippen LogP contribution in [-0.4, -0.2) is 41.4 Å². The van der Waals surface area contributed by atoms with Gasteiger partial charge in [0.1, 0.15) is 24.5 Å². The molecule has 1 heterocycles. The lowest BCUT2D eigenvalue weighted by Crippen LogP contribution is -2.28. The predicted octanol–water partition coefficient (Wildman–Crippen LogP) is 2.85. The van der Waals surface area contributed by atoms with E-state index in [1.54, 1.807) is 6.33 Å². The number of benzene rings is 1. The number of aryl methyl sites for hydroxylation is 2. The normalized spacial score (nSPS) is 19.7. The fourth-order valence-electron chi connectivity index (χ4n) is 3.05. The molecule has 2 aromatic rings. The van der Waals surface area contributed by atoms with Crippen LogP contribution >= 0.6 is 0 Å². The van der Waals surface area contributed by atoms with Gasteiger partial charge in [0.25, 0.3) is 0 Å². The number of hydrogen-bond donors (Lipinski definition) is 1. The molecule has 0 spiro atoms. The minimum absolute atomic E-state index is 0.169. The second kappa shape index (κ2) is 7.18. The molecule has 128 valence electrons. The summed E-state index contributed by atoms with van der Waals surface area (Å²) in [6, 6.07) is 8.27. The van der Waals surface area contributed by atoms with E-state index in [9.17, 15) is 5.11 Å². The van der Waals surface area contributed by atoms with Crippen molar-refractivity contribution in [3.63, 3.8) is 0 Å².